The van der Waals surface area contributed by atoms with E-state index in [-0.39, 0.29) is 0 Å². The minimum Gasteiger partial charge on any atom is -0.425 e. The molecule has 0 unspecified atom stereocenters. The predicted octanol–water partition coefficient (Wildman–Crippen LogP) is 4.68. The molecule has 27 heavy (non-hydrogen) atoms. The highest BCUT2D eigenvalue weighted by Crippen LogP contribution is 2.29. The SMILES string of the molecule is C=CCOCCc1nnc(Cc2nc3ccc(-c4ccccc4)cc3s2)o1. The van der Waals surface area contributed by atoms with Crippen LogP contribution in [0.15, 0.2) is 65.6 Å². The maximum atomic E-state index is 5.70. The first-order valence-corrected chi connectivity index (χ1v) is 9.58. The second kappa shape index (κ2) is 8.24. The van der Waals surface area contributed by atoms with Crippen LogP contribution in [0.25, 0.3) is 21.3 Å². The summed E-state index contributed by atoms with van der Waals surface area (Å²) in [6.45, 7) is 4.68. The number of aromatic nitrogens is 3. The van der Waals surface area contributed by atoms with Crippen LogP contribution < -0.4 is 0 Å². The fourth-order valence-corrected chi connectivity index (χ4v) is 3.77. The topological polar surface area (TPSA) is 61.0 Å². The van der Waals surface area contributed by atoms with Crippen molar-refractivity contribution in [1.29, 1.82) is 0 Å². The van der Waals surface area contributed by atoms with Gasteiger partial charge in [-0.25, -0.2) is 4.98 Å². The number of hydrogen-bond acceptors (Lipinski definition) is 6. The molecule has 0 amide bonds. The summed E-state index contributed by atoms with van der Waals surface area (Å²) in [6, 6.07) is 16.7. The van der Waals surface area contributed by atoms with Crippen molar-refractivity contribution < 1.29 is 9.15 Å². The highest BCUT2D eigenvalue weighted by molar-refractivity contribution is 7.18. The van der Waals surface area contributed by atoms with Gasteiger partial charge in [-0.1, -0.05) is 42.5 Å². The normalized spacial score (nSPS) is 11.1. The van der Waals surface area contributed by atoms with E-state index in [1.54, 1.807) is 17.4 Å². The Morgan fingerprint density at radius 2 is 1.89 bits per heavy atom. The number of rotatable bonds is 8. The van der Waals surface area contributed by atoms with Crippen LogP contribution in [0.3, 0.4) is 0 Å². The molecule has 4 aromatic rings. The van der Waals surface area contributed by atoms with Crippen LogP contribution in [0.4, 0.5) is 0 Å². The van der Waals surface area contributed by atoms with Gasteiger partial charge in [0.2, 0.25) is 11.8 Å². The lowest BCUT2D eigenvalue weighted by molar-refractivity contribution is 0.160. The monoisotopic (exact) mass is 377 g/mol. The molecule has 6 heteroatoms. The summed E-state index contributed by atoms with van der Waals surface area (Å²) in [6.07, 6.45) is 2.86. The Balaban J connectivity index is 1.46. The Hall–Kier alpha value is -2.83. The van der Waals surface area contributed by atoms with Crippen LogP contribution in [-0.2, 0) is 17.6 Å². The maximum Gasteiger partial charge on any atom is 0.223 e. The Morgan fingerprint density at radius 3 is 2.74 bits per heavy atom. The zero-order valence-corrected chi connectivity index (χ0v) is 15.6. The highest BCUT2D eigenvalue weighted by atomic mass is 32.1. The summed E-state index contributed by atoms with van der Waals surface area (Å²) in [5, 5.41) is 9.16. The molecule has 136 valence electrons. The number of ether oxygens (including phenoxy) is 1. The molecule has 5 nitrogen and oxygen atoms in total. The number of benzene rings is 2. The van der Waals surface area contributed by atoms with Crippen molar-refractivity contribution in [3.05, 3.63) is 78.0 Å². The van der Waals surface area contributed by atoms with Crippen LogP contribution in [0.2, 0.25) is 0 Å². The smallest absolute Gasteiger partial charge is 0.223 e. The summed E-state index contributed by atoms with van der Waals surface area (Å²) >= 11 is 1.66. The van der Waals surface area contributed by atoms with Crippen LogP contribution >= 0.6 is 11.3 Å². The van der Waals surface area contributed by atoms with E-state index in [2.05, 4.69) is 47.1 Å². The van der Waals surface area contributed by atoms with Gasteiger partial charge in [0.25, 0.3) is 0 Å². The van der Waals surface area contributed by atoms with Crippen molar-refractivity contribution >= 4 is 21.6 Å². The molecule has 2 aromatic heterocycles. The van der Waals surface area contributed by atoms with Crippen molar-refractivity contribution in [3.63, 3.8) is 0 Å². The van der Waals surface area contributed by atoms with E-state index in [0.29, 0.717) is 37.8 Å². The Morgan fingerprint density at radius 1 is 1.04 bits per heavy atom. The van der Waals surface area contributed by atoms with E-state index >= 15 is 0 Å². The molecule has 0 saturated heterocycles. The summed E-state index contributed by atoms with van der Waals surface area (Å²) < 4.78 is 12.2. The molecule has 4 rings (SSSR count). The first-order valence-electron chi connectivity index (χ1n) is 8.76. The van der Waals surface area contributed by atoms with Gasteiger partial charge in [0.15, 0.2) is 0 Å². The molecule has 0 spiro atoms. The van der Waals surface area contributed by atoms with Gasteiger partial charge in [-0.05, 0) is 23.3 Å². The zero-order chi connectivity index (χ0) is 18.5. The number of hydrogen-bond donors (Lipinski definition) is 0. The van der Waals surface area contributed by atoms with Gasteiger partial charge >= 0.3 is 0 Å². The molecule has 0 radical (unpaired) electrons. The third-order valence-electron chi connectivity index (χ3n) is 4.05. The van der Waals surface area contributed by atoms with Gasteiger partial charge < -0.3 is 9.15 Å². The predicted molar refractivity (Wildman–Crippen MR) is 107 cm³/mol. The highest BCUT2D eigenvalue weighted by Gasteiger charge is 2.11. The van der Waals surface area contributed by atoms with Crippen molar-refractivity contribution in [3.8, 4) is 11.1 Å². The minimum atomic E-state index is 0.525. The van der Waals surface area contributed by atoms with Crippen LogP contribution in [0.1, 0.15) is 16.8 Å². The molecule has 0 saturated carbocycles. The molecule has 0 aliphatic carbocycles. The second-order valence-corrected chi connectivity index (χ2v) is 7.15. The minimum absolute atomic E-state index is 0.525. The van der Waals surface area contributed by atoms with Gasteiger partial charge in [0, 0.05) is 6.42 Å². The Bertz CT molecular complexity index is 1040. The molecule has 0 bridgehead atoms. The van der Waals surface area contributed by atoms with Gasteiger partial charge in [0.1, 0.15) is 5.01 Å². The lowest BCUT2D eigenvalue weighted by Gasteiger charge is -2.00. The molecule has 2 aromatic carbocycles. The van der Waals surface area contributed by atoms with Crippen molar-refractivity contribution in [2.45, 2.75) is 12.8 Å². The van der Waals surface area contributed by atoms with Gasteiger partial charge in [0.05, 0.1) is 29.9 Å². The first-order chi connectivity index (χ1) is 13.3. The molecule has 0 N–H and O–H groups in total. The summed E-state index contributed by atoms with van der Waals surface area (Å²) in [5.41, 5.74) is 3.39. The molecule has 2 heterocycles. The first kappa shape index (κ1) is 17.6. The van der Waals surface area contributed by atoms with Crippen molar-refractivity contribution in [2.75, 3.05) is 13.2 Å². The lowest BCUT2D eigenvalue weighted by Crippen LogP contribution is -1.98. The number of nitrogens with zero attached hydrogens (tertiary/aromatic N) is 3. The van der Waals surface area contributed by atoms with Gasteiger partial charge in [-0.2, -0.15) is 0 Å². The molecule has 0 atom stereocenters. The van der Waals surface area contributed by atoms with E-state index in [9.17, 15) is 0 Å². The van der Waals surface area contributed by atoms with Crippen LogP contribution in [0, 0.1) is 0 Å². The molecular weight excluding hydrogens is 358 g/mol. The number of fused-ring (bicyclic) bond motifs is 1. The van der Waals surface area contributed by atoms with E-state index in [1.807, 2.05) is 18.2 Å². The largest absolute Gasteiger partial charge is 0.425 e. The van der Waals surface area contributed by atoms with Gasteiger partial charge in [-0.15, -0.1) is 28.1 Å². The second-order valence-electron chi connectivity index (χ2n) is 6.04. The third kappa shape index (κ3) is 4.30. The van der Waals surface area contributed by atoms with E-state index < -0.39 is 0 Å². The molecular formula is C21H19N3O2S. The Kier molecular flexibility index (Phi) is 5.37. The van der Waals surface area contributed by atoms with E-state index in [4.69, 9.17) is 14.1 Å². The standard InChI is InChI=1S/C21H19N3O2S/c1-2-11-25-12-10-19-23-24-20(26-19)14-21-22-17-9-8-16(13-18(17)27-21)15-6-4-3-5-7-15/h2-9,13H,1,10-12,14H2. The molecule has 0 fully saturated rings. The average Bonchev–Trinajstić information content (AvgIpc) is 3.31. The Labute approximate surface area is 161 Å². The van der Waals surface area contributed by atoms with Crippen molar-refractivity contribution in [2.24, 2.45) is 0 Å². The summed E-state index contributed by atoms with van der Waals surface area (Å²) in [7, 11) is 0. The van der Waals surface area contributed by atoms with Crippen molar-refractivity contribution in [1.82, 2.24) is 15.2 Å². The maximum absolute atomic E-state index is 5.70. The summed E-state index contributed by atoms with van der Waals surface area (Å²) in [5.74, 6) is 1.16. The molecule has 0 aliphatic rings. The van der Waals surface area contributed by atoms with Crippen LogP contribution in [0.5, 0.6) is 0 Å². The third-order valence-corrected chi connectivity index (χ3v) is 5.07. The van der Waals surface area contributed by atoms with Gasteiger partial charge in [-0.3, -0.25) is 0 Å². The lowest BCUT2D eigenvalue weighted by atomic mass is 10.1. The van der Waals surface area contributed by atoms with E-state index in [0.717, 1.165) is 15.2 Å². The summed E-state index contributed by atoms with van der Waals surface area (Å²) in [4.78, 5) is 4.69. The van der Waals surface area contributed by atoms with E-state index in [1.165, 1.54) is 11.1 Å². The zero-order valence-electron chi connectivity index (χ0n) is 14.8. The quantitative estimate of drug-likeness (QED) is 0.329. The molecule has 0 aliphatic heterocycles. The van der Waals surface area contributed by atoms with Crippen LogP contribution in [-0.4, -0.2) is 28.4 Å². The fourth-order valence-electron chi connectivity index (χ4n) is 2.77. The fraction of sp³-hybridized carbons (Fsp3) is 0.190. The number of thiazole rings is 1. The average molecular weight is 377 g/mol.